The summed E-state index contributed by atoms with van der Waals surface area (Å²) in [4.78, 5) is 37.0. The third kappa shape index (κ3) is 4.16. The lowest BCUT2D eigenvalue weighted by atomic mass is 9.49. The van der Waals surface area contributed by atoms with E-state index in [2.05, 4.69) is 10.6 Å². The minimum absolute atomic E-state index is 0.152. The van der Waals surface area contributed by atoms with Crippen LogP contribution in [0.1, 0.15) is 49.7 Å². The number of rotatable bonds is 6. The van der Waals surface area contributed by atoms with E-state index in [0.717, 1.165) is 36.1 Å². The SMILES string of the molecule is Cc1cccc(NC(=O)CNC(=O)COC(=O)C23CC4CC(CC(C4)C2)C3)c1C. The van der Waals surface area contributed by atoms with Crippen molar-refractivity contribution in [2.75, 3.05) is 18.5 Å². The average molecular weight is 399 g/mol. The van der Waals surface area contributed by atoms with Crippen LogP contribution in [-0.2, 0) is 19.1 Å². The Hall–Kier alpha value is -2.37. The van der Waals surface area contributed by atoms with E-state index in [-0.39, 0.29) is 30.4 Å². The van der Waals surface area contributed by atoms with Gasteiger partial charge in [-0.05, 0) is 87.3 Å². The molecule has 0 saturated heterocycles. The maximum atomic E-state index is 12.8. The summed E-state index contributed by atoms with van der Waals surface area (Å²) in [6.45, 7) is 3.44. The summed E-state index contributed by atoms with van der Waals surface area (Å²) in [5, 5.41) is 5.34. The molecule has 4 aliphatic carbocycles. The summed E-state index contributed by atoms with van der Waals surface area (Å²) >= 11 is 0. The van der Waals surface area contributed by atoms with Crippen molar-refractivity contribution in [3.05, 3.63) is 29.3 Å². The highest BCUT2D eigenvalue weighted by Gasteiger charge is 2.55. The minimum atomic E-state index is -0.445. The minimum Gasteiger partial charge on any atom is -0.455 e. The van der Waals surface area contributed by atoms with Crippen LogP contribution in [0.25, 0.3) is 0 Å². The number of carbonyl (C=O) groups is 3. The molecule has 29 heavy (non-hydrogen) atoms. The normalized spacial score (nSPS) is 29.4. The second-order valence-corrected chi connectivity index (χ2v) is 9.35. The number of nitrogens with one attached hydrogen (secondary N) is 2. The molecule has 0 radical (unpaired) electrons. The molecular formula is C23H30N2O4. The Morgan fingerprint density at radius 2 is 1.62 bits per heavy atom. The van der Waals surface area contributed by atoms with Gasteiger partial charge >= 0.3 is 5.97 Å². The fourth-order valence-corrected chi connectivity index (χ4v) is 5.96. The number of anilines is 1. The van der Waals surface area contributed by atoms with E-state index in [1.807, 2.05) is 32.0 Å². The molecule has 4 aliphatic rings. The Morgan fingerprint density at radius 3 is 2.24 bits per heavy atom. The van der Waals surface area contributed by atoms with Gasteiger partial charge < -0.3 is 15.4 Å². The molecule has 0 heterocycles. The number of aryl methyl sites for hydroxylation is 1. The zero-order valence-electron chi connectivity index (χ0n) is 17.3. The summed E-state index contributed by atoms with van der Waals surface area (Å²) in [6, 6.07) is 5.68. The van der Waals surface area contributed by atoms with Gasteiger partial charge in [0.25, 0.3) is 5.91 Å². The first kappa shape index (κ1) is 19.9. The molecule has 2 amide bonds. The van der Waals surface area contributed by atoms with E-state index >= 15 is 0 Å². The Bertz CT molecular complexity index is 797. The lowest BCUT2D eigenvalue weighted by Gasteiger charge is -2.55. The quantitative estimate of drug-likeness (QED) is 0.721. The monoisotopic (exact) mass is 398 g/mol. The molecule has 5 rings (SSSR count). The topological polar surface area (TPSA) is 84.5 Å². The number of hydrogen-bond donors (Lipinski definition) is 2. The van der Waals surface area contributed by atoms with Crippen LogP contribution in [0.3, 0.4) is 0 Å². The number of carbonyl (C=O) groups excluding carboxylic acids is 3. The van der Waals surface area contributed by atoms with Gasteiger partial charge in [-0.3, -0.25) is 14.4 Å². The maximum absolute atomic E-state index is 12.8. The highest BCUT2D eigenvalue weighted by Crippen LogP contribution is 2.60. The van der Waals surface area contributed by atoms with Crippen molar-refractivity contribution in [2.45, 2.75) is 52.4 Å². The molecule has 4 fully saturated rings. The van der Waals surface area contributed by atoms with E-state index in [4.69, 9.17) is 4.74 Å². The molecule has 0 aromatic heterocycles. The molecule has 4 saturated carbocycles. The van der Waals surface area contributed by atoms with Crippen molar-refractivity contribution < 1.29 is 19.1 Å². The summed E-state index contributed by atoms with van der Waals surface area (Å²) < 4.78 is 5.39. The molecule has 1 aromatic carbocycles. The Labute approximate surface area is 171 Å². The third-order valence-electron chi connectivity index (χ3n) is 7.13. The highest BCUT2D eigenvalue weighted by molar-refractivity contribution is 5.95. The van der Waals surface area contributed by atoms with Crippen molar-refractivity contribution in [3.8, 4) is 0 Å². The van der Waals surface area contributed by atoms with Crippen LogP contribution < -0.4 is 10.6 Å². The summed E-state index contributed by atoms with van der Waals surface area (Å²) in [7, 11) is 0. The van der Waals surface area contributed by atoms with Crippen molar-refractivity contribution in [1.29, 1.82) is 0 Å². The number of amides is 2. The zero-order valence-corrected chi connectivity index (χ0v) is 17.3. The van der Waals surface area contributed by atoms with Gasteiger partial charge in [0.05, 0.1) is 12.0 Å². The van der Waals surface area contributed by atoms with Crippen LogP contribution in [0.2, 0.25) is 0 Å². The summed E-state index contributed by atoms with van der Waals surface area (Å²) in [5.74, 6) is 0.981. The number of benzene rings is 1. The second-order valence-electron chi connectivity index (χ2n) is 9.35. The first-order chi connectivity index (χ1) is 13.8. The number of ether oxygens (including phenoxy) is 1. The Morgan fingerprint density at radius 1 is 1.00 bits per heavy atom. The van der Waals surface area contributed by atoms with E-state index < -0.39 is 5.91 Å². The van der Waals surface area contributed by atoms with Gasteiger partial charge in [-0.1, -0.05) is 12.1 Å². The molecular weight excluding hydrogens is 368 g/mol. The lowest BCUT2D eigenvalue weighted by molar-refractivity contribution is -0.173. The standard InChI is InChI=1S/C23H30N2O4/c1-14-4-3-5-19(15(14)2)25-20(26)12-24-21(27)13-29-22(28)23-9-16-6-17(10-23)8-18(7-16)11-23/h3-5,16-18H,6-13H2,1-2H3,(H,24,27)(H,25,26). The Kier molecular flexibility index (Phi) is 5.36. The van der Waals surface area contributed by atoms with E-state index in [1.165, 1.54) is 19.3 Å². The second kappa shape index (κ2) is 7.81. The molecule has 0 aliphatic heterocycles. The van der Waals surface area contributed by atoms with Crippen LogP contribution >= 0.6 is 0 Å². The van der Waals surface area contributed by atoms with Crippen molar-refractivity contribution in [2.24, 2.45) is 23.2 Å². The fourth-order valence-electron chi connectivity index (χ4n) is 5.96. The summed E-state index contributed by atoms with van der Waals surface area (Å²) in [6.07, 6.45) is 6.50. The van der Waals surface area contributed by atoms with Crippen molar-refractivity contribution in [1.82, 2.24) is 5.32 Å². The zero-order chi connectivity index (χ0) is 20.6. The van der Waals surface area contributed by atoms with Gasteiger partial charge in [-0.25, -0.2) is 0 Å². The van der Waals surface area contributed by atoms with Gasteiger partial charge in [0.1, 0.15) is 0 Å². The molecule has 4 bridgehead atoms. The lowest BCUT2D eigenvalue weighted by Crippen LogP contribution is -2.51. The van der Waals surface area contributed by atoms with Crippen LogP contribution in [0.5, 0.6) is 0 Å². The fraction of sp³-hybridized carbons (Fsp3) is 0.609. The van der Waals surface area contributed by atoms with Crippen LogP contribution in [0.15, 0.2) is 18.2 Å². The van der Waals surface area contributed by atoms with Crippen LogP contribution in [0, 0.1) is 37.0 Å². The smallest absolute Gasteiger partial charge is 0.312 e. The van der Waals surface area contributed by atoms with E-state index in [9.17, 15) is 14.4 Å². The van der Waals surface area contributed by atoms with Gasteiger partial charge in [0.15, 0.2) is 6.61 Å². The van der Waals surface area contributed by atoms with Crippen molar-refractivity contribution in [3.63, 3.8) is 0 Å². The molecule has 156 valence electrons. The summed E-state index contributed by atoms with van der Waals surface area (Å²) in [5.41, 5.74) is 2.45. The first-order valence-electron chi connectivity index (χ1n) is 10.6. The molecule has 6 heteroatoms. The maximum Gasteiger partial charge on any atom is 0.312 e. The van der Waals surface area contributed by atoms with Gasteiger partial charge in [0, 0.05) is 5.69 Å². The van der Waals surface area contributed by atoms with Crippen LogP contribution in [0.4, 0.5) is 5.69 Å². The van der Waals surface area contributed by atoms with Gasteiger partial charge in [-0.2, -0.15) is 0 Å². The third-order valence-corrected chi connectivity index (χ3v) is 7.13. The van der Waals surface area contributed by atoms with Crippen LogP contribution in [-0.4, -0.2) is 30.9 Å². The van der Waals surface area contributed by atoms with Crippen molar-refractivity contribution >= 4 is 23.5 Å². The molecule has 0 spiro atoms. The highest BCUT2D eigenvalue weighted by atomic mass is 16.5. The molecule has 1 aromatic rings. The predicted molar refractivity (Wildman–Crippen MR) is 109 cm³/mol. The van der Waals surface area contributed by atoms with Gasteiger partial charge in [-0.15, -0.1) is 0 Å². The Balaban J connectivity index is 1.23. The predicted octanol–water partition coefficient (Wildman–Crippen LogP) is 3.12. The van der Waals surface area contributed by atoms with E-state index in [0.29, 0.717) is 17.8 Å². The average Bonchev–Trinajstić information content (AvgIpc) is 2.67. The number of hydrogen-bond acceptors (Lipinski definition) is 4. The molecule has 6 nitrogen and oxygen atoms in total. The first-order valence-corrected chi connectivity index (χ1v) is 10.6. The van der Waals surface area contributed by atoms with E-state index in [1.54, 1.807) is 0 Å². The molecule has 0 unspecified atom stereocenters. The van der Waals surface area contributed by atoms with Gasteiger partial charge in [0.2, 0.25) is 5.91 Å². The largest absolute Gasteiger partial charge is 0.455 e. The molecule has 0 atom stereocenters. The number of esters is 1. The molecule has 2 N–H and O–H groups in total.